The molecule has 344 valence electrons. The van der Waals surface area contributed by atoms with E-state index in [1.54, 1.807) is 42.7 Å². The van der Waals surface area contributed by atoms with Crippen LogP contribution in [0.2, 0.25) is 0 Å². The molecule has 2 amide bonds. The molecule has 14 atom stereocenters. The van der Waals surface area contributed by atoms with Crippen LogP contribution in [0.1, 0.15) is 79.5 Å². The van der Waals surface area contributed by atoms with E-state index in [0.29, 0.717) is 24.8 Å². The van der Waals surface area contributed by atoms with Gasteiger partial charge in [-0.15, -0.1) is 22.7 Å². The highest BCUT2D eigenvalue weighted by molar-refractivity contribution is 7.21. The minimum absolute atomic E-state index is 0.0703. The van der Waals surface area contributed by atoms with E-state index in [0.717, 1.165) is 20.3 Å². The topological polar surface area (TPSA) is 176 Å². The molecule has 4 fully saturated rings. The first-order chi connectivity index (χ1) is 29.3. The van der Waals surface area contributed by atoms with Gasteiger partial charge in [0.15, 0.2) is 11.9 Å². The first-order valence-corrected chi connectivity index (χ1v) is 23.4. The van der Waals surface area contributed by atoms with Gasteiger partial charge in [0.25, 0.3) is 0 Å². The van der Waals surface area contributed by atoms with Crippen LogP contribution in [0.25, 0.3) is 9.88 Å². The fourth-order valence-electron chi connectivity index (χ4n) is 9.88. The monoisotopic (exact) mass is 902 g/mol. The van der Waals surface area contributed by atoms with E-state index in [9.17, 15) is 19.5 Å². The Labute approximate surface area is 373 Å². The van der Waals surface area contributed by atoms with Gasteiger partial charge in [-0.05, 0) is 90.8 Å². The zero-order chi connectivity index (χ0) is 45.1. The zero-order valence-corrected chi connectivity index (χ0v) is 39.3. The number of aliphatic hydroxyl groups excluding tert-OH is 1. The van der Waals surface area contributed by atoms with Gasteiger partial charge in [0.2, 0.25) is 0 Å². The molecule has 62 heavy (non-hydrogen) atoms. The smallest absolute Gasteiger partial charge is 0.408 e. The number of carbonyl (C=O) groups excluding carboxylic acids is 3. The molecule has 0 spiro atoms. The number of esters is 1. The van der Waals surface area contributed by atoms with Gasteiger partial charge >= 0.3 is 18.2 Å². The molecule has 3 unspecified atom stereocenters. The van der Waals surface area contributed by atoms with E-state index in [1.165, 1.54) is 0 Å². The van der Waals surface area contributed by atoms with E-state index in [2.05, 4.69) is 29.1 Å². The van der Waals surface area contributed by atoms with Crippen LogP contribution < -0.4 is 10.6 Å². The van der Waals surface area contributed by atoms with E-state index < -0.39 is 83.9 Å². The third kappa shape index (κ3) is 10.6. The van der Waals surface area contributed by atoms with E-state index in [4.69, 9.17) is 33.2 Å². The molecular weight excluding hydrogens is 837 g/mol. The van der Waals surface area contributed by atoms with Crippen molar-refractivity contribution in [1.82, 2.24) is 20.5 Å². The Kier molecular flexibility index (Phi) is 15.6. The fourth-order valence-corrected chi connectivity index (χ4v) is 11.5. The number of likely N-dealkylation sites (N-methyl/N-ethyl adjacent to an activating group) is 1. The van der Waals surface area contributed by atoms with Crippen molar-refractivity contribution in [3.05, 3.63) is 52.4 Å². The van der Waals surface area contributed by atoms with Gasteiger partial charge in [-0.25, -0.2) is 14.6 Å². The second-order valence-electron chi connectivity index (χ2n) is 18.1. The third-order valence-electron chi connectivity index (χ3n) is 13.1. The predicted octanol–water partition coefficient (Wildman–Crippen LogP) is 6.70. The number of alkyl carbamates (subject to hydrolysis) is 2. The van der Waals surface area contributed by atoms with Crippen molar-refractivity contribution in [2.45, 2.75) is 141 Å². The summed E-state index contributed by atoms with van der Waals surface area (Å²) in [5.74, 6) is -2.52. The first-order valence-electron chi connectivity index (χ1n) is 21.7. The number of amides is 2. The Morgan fingerprint density at radius 2 is 1.90 bits per heavy atom. The number of hydrogen-bond donors (Lipinski definition) is 3. The van der Waals surface area contributed by atoms with E-state index in [1.807, 2.05) is 77.2 Å². The highest BCUT2D eigenvalue weighted by Crippen LogP contribution is 2.44. The van der Waals surface area contributed by atoms with Crippen molar-refractivity contribution in [3.8, 4) is 9.88 Å². The summed E-state index contributed by atoms with van der Waals surface area (Å²) in [4.78, 5) is 49.0. The van der Waals surface area contributed by atoms with Gasteiger partial charge in [0.05, 0.1) is 60.5 Å². The minimum Gasteiger partial charge on any atom is -0.458 e. The van der Waals surface area contributed by atoms with Crippen molar-refractivity contribution >= 4 is 40.8 Å². The second kappa shape index (κ2) is 20.2. The Bertz CT molecular complexity index is 1910. The number of hydrogen-bond acceptors (Lipinski definition) is 15. The molecule has 2 bridgehead atoms. The van der Waals surface area contributed by atoms with E-state index >= 15 is 0 Å². The Balaban J connectivity index is 1.36. The lowest BCUT2D eigenvalue weighted by Crippen LogP contribution is -2.60. The summed E-state index contributed by atoms with van der Waals surface area (Å²) in [5.41, 5.74) is -0.824. The standard InChI is InChI=1S/C45H66N4O11S2/c1-12-34-45(9)37(48-43(53)60-45)27(5)31(15-17-54-42(52)47-21-30-13-14-33(62-30)39-46-16-18-61-39)25(3)20-44(8)38(59-41-35(50)32(49(10)11)19-26(4)57-41)28(6)36(29(7)40(51)58-34)55-22-24(2)23-56-44/h13-16,18,25-29,32,34-38,41,50H,2,12,17,19-23H2,1,3-11H3,(H,47,52)(H,48,53)/b31-15+/t25-,26-,27+,28+,29-,32+,34-,35-,36?,37?,38-,41?,44-,45-/m1/s1. The lowest BCUT2D eigenvalue weighted by molar-refractivity contribution is -0.302. The van der Waals surface area contributed by atoms with Crippen molar-refractivity contribution in [2.24, 2.45) is 23.7 Å². The number of ether oxygens (including phenoxy) is 7. The number of thiazole rings is 1. The Hall–Kier alpha value is -3.42. The van der Waals surface area contributed by atoms with Gasteiger partial charge in [-0.3, -0.25) is 4.79 Å². The lowest BCUT2D eigenvalue weighted by Gasteiger charge is -2.49. The number of thiophene rings is 1. The quantitative estimate of drug-likeness (QED) is 0.138. The van der Waals surface area contributed by atoms with Gasteiger partial charge in [-0.1, -0.05) is 39.8 Å². The summed E-state index contributed by atoms with van der Waals surface area (Å²) >= 11 is 3.11. The summed E-state index contributed by atoms with van der Waals surface area (Å²) in [6.45, 7) is 20.2. The highest BCUT2D eigenvalue weighted by Gasteiger charge is 2.57. The van der Waals surface area contributed by atoms with Crippen LogP contribution in [0.5, 0.6) is 0 Å². The molecular formula is C45H66N4O11S2. The summed E-state index contributed by atoms with van der Waals surface area (Å²) in [6, 6.07) is 3.07. The zero-order valence-electron chi connectivity index (χ0n) is 37.7. The third-order valence-corrected chi connectivity index (χ3v) is 15.2. The van der Waals surface area contributed by atoms with E-state index in [-0.39, 0.29) is 44.4 Å². The van der Waals surface area contributed by atoms with Crippen LogP contribution in [-0.4, -0.2) is 127 Å². The van der Waals surface area contributed by atoms with Crippen molar-refractivity contribution in [1.29, 1.82) is 0 Å². The molecule has 6 rings (SSSR count). The minimum atomic E-state index is -1.26. The van der Waals surface area contributed by atoms with Crippen molar-refractivity contribution < 1.29 is 52.6 Å². The maximum Gasteiger partial charge on any atom is 0.408 e. The molecule has 0 aromatic carbocycles. The molecule has 4 saturated heterocycles. The molecule has 0 saturated carbocycles. The summed E-state index contributed by atoms with van der Waals surface area (Å²) in [6.07, 6.45) is -0.801. The second-order valence-corrected chi connectivity index (χ2v) is 20.1. The number of rotatable bonds is 9. The van der Waals surface area contributed by atoms with Gasteiger partial charge in [-0.2, -0.15) is 0 Å². The molecule has 3 N–H and O–H groups in total. The molecule has 17 heteroatoms. The first kappa shape index (κ1) is 48.0. The Morgan fingerprint density at radius 3 is 2.60 bits per heavy atom. The van der Waals surface area contributed by atoms with Crippen LogP contribution in [0.3, 0.4) is 0 Å². The summed E-state index contributed by atoms with van der Waals surface area (Å²) < 4.78 is 45.0. The van der Waals surface area contributed by atoms with Crippen molar-refractivity contribution in [2.75, 3.05) is 33.9 Å². The van der Waals surface area contributed by atoms with Crippen LogP contribution in [0, 0.1) is 23.7 Å². The molecule has 15 nitrogen and oxygen atoms in total. The maximum absolute atomic E-state index is 14.4. The average Bonchev–Trinajstić information content (AvgIpc) is 4.00. The maximum atomic E-state index is 14.4. The molecule has 2 aromatic rings. The van der Waals surface area contributed by atoms with Gasteiger partial charge < -0.3 is 53.8 Å². The van der Waals surface area contributed by atoms with Gasteiger partial charge in [0, 0.05) is 34.3 Å². The highest BCUT2D eigenvalue weighted by atomic mass is 32.1. The summed E-state index contributed by atoms with van der Waals surface area (Å²) in [5, 5.41) is 20.5. The normalized spacial score (nSPS) is 37.9. The number of nitrogens with one attached hydrogen (secondary N) is 2. The average molecular weight is 903 g/mol. The Morgan fingerprint density at radius 1 is 1.15 bits per heavy atom. The number of cyclic esters (lactones) is 1. The molecule has 4 aliphatic heterocycles. The molecule has 6 heterocycles. The van der Waals surface area contributed by atoms with Crippen LogP contribution in [-0.2, 0) is 44.5 Å². The molecule has 4 aliphatic rings. The molecule has 2 aromatic heterocycles. The lowest BCUT2D eigenvalue weighted by atomic mass is 9.71. The number of nitrogens with zero attached hydrogens (tertiary/aromatic N) is 2. The number of aliphatic hydroxyl groups is 1. The van der Waals surface area contributed by atoms with Crippen LogP contribution in [0.15, 0.2) is 47.5 Å². The van der Waals surface area contributed by atoms with Crippen LogP contribution >= 0.6 is 22.7 Å². The predicted molar refractivity (Wildman–Crippen MR) is 235 cm³/mol. The molecule has 0 radical (unpaired) electrons. The number of carbonyl (C=O) groups is 3. The number of aromatic nitrogens is 1. The van der Waals surface area contributed by atoms with Crippen molar-refractivity contribution in [3.63, 3.8) is 0 Å². The largest absolute Gasteiger partial charge is 0.458 e. The number of fused-ring (bicyclic) bond motifs is 4. The van der Waals surface area contributed by atoms with Gasteiger partial charge in [0.1, 0.15) is 23.8 Å². The SMILES string of the molecule is C=C1COC2[C@@H](C)C(=O)O[C@H](CC)[C@@]3(C)OC(=O)NC3[C@@H](C)/C(=C/COC(=O)NCc3ccc(-c4nccs4)s3)[C@H](C)C[C@@](C)(OC1)[C@H](OC1O[C@H](C)C[C@H](N(C)C)[C@H]1O)[C@H]2C. The summed E-state index contributed by atoms with van der Waals surface area (Å²) in [7, 11) is 3.84. The molecule has 0 aliphatic carbocycles. The van der Waals surface area contributed by atoms with Crippen LogP contribution in [0.4, 0.5) is 9.59 Å². The fraction of sp³-hybridized carbons (Fsp3) is 0.689.